The molecule has 1 aliphatic heterocycles. The minimum atomic E-state index is -0.438. The topological polar surface area (TPSA) is 27.7 Å². The second kappa shape index (κ2) is 9.13. The zero-order chi connectivity index (χ0) is 18.3. The molecule has 1 aliphatic rings. The quantitative estimate of drug-likeness (QED) is 0.331. The summed E-state index contributed by atoms with van der Waals surface area (Å²) >= 11 is 0. The van der Waals surface area contributed by atoms with Gasteiger partial charge >= 0.3 is 0 Å². The number of rotatable bonds is 6. The zero-order valence-corrected chi connectivity index (χ0v) is 17.0. The van der Waals surface area contributed by atoms with Crippen LogP contribution in [0.5, 0.6) is 0 Å². The van der Waals surface area contributed by atoms with Gasteiger partial charge in [0.25, 0.3) is 0 Å². The van der Waals surface area contributed by atoms with Crippen LogP contribution in [0.1, 0.15) is 41.0 Å². The normalized spacial score (nSPS) is 23.1. The molecule has 134 valence electrons. The molecule has 0 bridgehead atoms. The maximum absolute atomic E-state index is 6.05. The fourth-order valence-corrected chi connectivity index (χ4v) is 5.01. The van der Waals surface area contributed by atoms with Gasteiger partial charge in [0.05, 0.1) is 26.1 Å². The van der Waals surface area contributed by atoms with Crippen molar-refractivity contribution in [1.29, 1.82) is 0 Å². The highest BCUT2D eigenvalue weighted by Gasteiger charge is 2.37. The molecule has 3 nitrogen and oxygen atoms in total. The van der Waals surface area contributed by atoms with Crippen LogP contribution >= 0.6 is 7.92 Å². The third-order valence-corrected chi connectivity index (χ3v) is 6.90. The molecule has 0 saturated carbocycles. The SMILES string of the molecule is C=C\C=C(OC)/C(=C/OC)C(/C)=C1/C(=C\CC)OCP1C(C)(C)C. The predicted molar refractivity (Wildman–Crippen MR) is 104 cm³/mol. The van der Waals surface area contributed by atoms with Gasteiger partial charge in [-0.25, -0.2) is 0 Å². The number of hydrogen-bond acceptors (Lipinski definition) is 3. The fourth-order valence-electron chi connectivity index (χ4n) is 2.61. The van der Waals surface area contributed by atoms with Gasteiger partial charge in [0.2, 0.25) is 0 Å². The first kappa shape index (κ1) is 20.6. The smallest absolute Gasteiger partial charge is 0.129 e. The van der Waals surface area contributed by atoms with E-state index >= 15 is 0 Å². The van der Waals surface area contributed by atoms with Crippen LogP contribution in [-0.4, -0.2) is 25.7 Å². The summed E-state index contributed by atoms with van der Waals surface area (Å²) in [7, 11) is 2.88. The molecule has 0 aromatic heterocycles. The van der Waals surface area contributed by atoms with Gasteiger partial charge in [0.15, 0.2) is 0 Å². The van der Waals surface area contributed by atoms with Crippen molar-refractivity contribution in [2.75, 3.05) is 20.6 Å². The standard InChI is InChI=1S/C20H31O3P/c1-9-11-17(22-8)16(13-21-7)15(3)19-18(12-10-2)23-14-24(19)20(4,5)6/h9,11-13H,1,10,14H2,2-8H3/b16-13+,17-11+,18-12+,19-15-. The average Bonchev–Trinajstić information content (AvgIpc) is 2.94. The highest BCUT2D eigenvalue weighted by molar-refractivity contribution is 7.64. The van der Waals surface area contributed by atoms with Gasteiger partial charge < -0.3 is 14.2 Å². The molecule has 1 fully saturated rings. The molecule has 1 unspecified atom stereocenters. The Balaban J connectivity index is 3.58. The Bertz CT molecular complexity index is 574. The molecular formula is C20H31O3P. The summed E-state index contributed by atoms with van der Waals surface area (Å²) in [4.78, 5) is 0. The van der Waals surface area contributed by atoms with E-state index in [0.29, 0.717) is 0 Å². The number of allylic oxidation sites excluding steroid dienone is 5. The van der Waals surface area contributed by atoms with Crippen molar-refractivity contribution in [3.05, 3.63) is 59.0 Å². The number of hydrogen-bond donors (Lipinski definition) is 0. The Kier molecular flexibility index (Phi) is 7.83. The van der Waals surface area contributed by atoms with Crippen LogP contribution in [0, 0.1) is 0 Å². The first-order valence-electron chi connectivity index (χ1n) is 8.24. The average molecular weight is 350 g/mol. The highest BCUT2D eigenvalue weighted by Crippen LogP contribution is 2.64. The molecule has 0 N–H and O–H groups in total. The Labute approximate surface area is 148 Å². The molecule has 0 aromatic rings. The summed E-state index contributed by atoms with van der Waals surface area (Å²) in [6.07, 6.45) is 9.20. The lowest BCUT2D eigenvalue weighted by Crippen LogP contribution is -2.12. The van der Waals surface area contributed by atoms with Crippen molar-refractivity contribution < 1.29 is 14.2 Å². The van der Waals surface area contributed by atoms with Gasteiger partial charge in [-0.2, -0.15) is 0 Å². The van der Waals surface area contributed by atoms with E-state index in [1.165, 1.54) is 5.31 Å². The summed E-state index contributed by atoms with van der Waals surface area (Å²) in [5.74, 6) is 1.75. The van der Waals surface area contributed by atoms with Crippen molar-refractivity contribution in [2.24, 2.45) is 0 Å². The molecular weight excluding hydrogens is 319 g/mol. The van der Waals surface area contributed by atoms with E-state index in [9.17, 15) is 0 Å². The van der Waals surface area contributed by atoms with Gasteiger partial charge in [-0.3, -0.25) is 0 Å². The summed E-state index contributed by atoms with van der Waals surface area (Å²) in [5, 5.41) is 1.47. The van der Waals surface area contributed by atoms with E-state index in [-0.39, 0.29) is 5.16 Å². The zero-order valence-electron chi connectivity index (χ0n) is 16.1. The third kappa shape index (κ3) is 4.77. The Hall–Kier alpha value is -1.47. The molecule has 1 atom stereocenters. The van der Waals surface area contributed by atoms with Crippen molar-refractivity contribution in [3.8, 4) is 0 Å². The number of ether oxygens (including phenoxy) is 3. The molecule has 4 heteroatoms. The molecule has 0 aromatic carbocycles. The van der Waals surface area contributed by atoms with Gasteiger partial charge in [-0.1, -0.05) is 40.3 Å². The first-order chi connectivity index (χ1) is 11.3. The van der Waals surface area contributed by atoms with Gasteiger partial charge in [-0.15, -0.1) is 0 Å². The maximum atomic E-state index is 6.05. The van der Waals surface area contributed by atoms with Crippen LogP contribution in [0.15, 0.2) is 59.0 Å². The molecule has 0 amide bonds. The van der Waals surface area contributed by atoms with Crippen molar-refractivity contribution in [1.82, 2.24) is 0 Å². The van der Waals surface area contributed by atoms with Crippen LogP contribution in [0.2, 0.25) is 0 Å². The second-order valence-electron chi connectivity index (χ2n) is 6.56. The highest BCUT2D eigenvalue weighted by atomic mass is 31.1. The lowest BCUT2D eigenvalue weighted by molar-refractivity contribution is 0.288. The van der Waals surface area contributed by atoms with Gasteiger partial charge in [0, 0.05) is 5.31 Å². The Morgan fingerprint density at radius 3 is 2.46 bits per heavy atom. The van der Waals surface area contributed by atoms with E-state index < -0.39 is 7.92 Å². The fraction of sp³-hybridized carbons (Fsp3) is 0.500. The Morgan fingerprint density at radius 2 is 2.00 bits per heavy atom. The molecule has 0 aliphatic carbocycles. The van der Waals surface area contributed by atoms with Crippen molar-refractivity contribution >= 4 is 7.92 Å². The predicted octanol–water partition coefficient (Wildman–Crippen LogP) is 6.07. The van der Waals surface area contributed by atoms with Crippen LogP contribution in [0.25, 0.3) is 0 Å². The second-order valence-corrected chi connectivity index (χ2v) is 9.46. The van der Waals surface area contributed by atoms with Crippen LogP contribution in [0.4, 0.5) is 0 Å². The molecule has 0 spiro atoms. The molecule has 24 heavy (non-hydrogen) atoms. The molecule has 1 rings (SSSR count). The summed E-state index contributed by atoms with van der Waals surface area (Å²) < 4.78 is 16.9. The Morgan fingerprint density at radius 1 is 1.33 bits per heavy atom. The van der Waals surface area contributed by atoms with Crippen LogP contribution < -0.4 is 0 Å². The largest absolute Gasteiger partial charge is 0.504 e. The minimum Gasteiger partial charge on any atom is -0.504 e. The van der Waals surface area contributed by atoms with Gasteiger partial charge in [0.1, 0.15) is 17.9 Å². The van der Waals surface area contributed by atoms with Gasteiger partial charge in [-0.05, 0) is 44.1 Å². The van der Waals surface area contributed by atoms with E-state index in [1.807, 2.05) is 6.08 Å². The third-order valence-electron chi connectivity index (χ3n) is 3.80. The van der Waals surface area contributed by atoms with Crippen molar-refractivity contribution in [3.63, 3.8) is 0 Å². The van der Waals surface area contributed by atoms with E-state index in [2.05, 4.69) is 47.3 Å². The van der Waals surface area contributed by atoms with Crippen LogP contribution in [-0.2, 0) is 14.2 Å². The van der Waals surface area contributed by atoms with Crippen LogP contribution in [0.3, 0.4) is 0 Å². The summed E-state index contributed by atoms with van der Waals surface area (Å²) in [6, 6.07) is 0. The first-order valence-corrected chi connectivity index (χ1v) is 9.76. The molecule has 1 saturated heterocycles. The number of methoxy groups -OCH3 is 2. The lowest BCUT2D eigenvalue weighted by Gasteiger charge is -2.28. The van der Waals surface area contributed by atoms with Crippen molar-refractivity contribution in [2.45, 2.75) is 46.2 Å². The molecule has 0 radical (unpaired) electrons. The summed E-state index contributed by atoms with van der Waals surface area (Å²) in [5.41, 5.74) is 2.07. The maximum Gasteiger partial charge on any atom is 0.129 e. The van der Waals surface area contributed by atoms with E-state index in [0.717, 1.165) is 35.4 Å². The lowest BCUT2D eigenvalue weighted by atomic mass is 10.1. The van der Waals surface area contributed by atoms with E-state index in [1.54, 1.807) is 26.6 Å². The minimum absolute atomic E-state index is 0.169. The molecule has 1 heterocycles. The monoisotopic (exact) mass is 350 g/mol. The summed E-state index contributed by atoms with van der Waals surface area (Å²) in [6.45, 7) is 14.9. The van der Waals surface area contributed by atoms with E-state index in [4.69, 9.17) is 14.2 Å².